The Morgan fingerprint density at radius 3 is 2.05 bits per heavy atom. The number of imide groups is 1. The van der Waals surface area contributed by atoms with Crippen molar-refractivity contribution in [1.29, 1.82) is 0 Å². The molecule has 2 amide bonds. The average molecular weight is 281 g/mol. The number of carbonyl (C=O) groups is 4. The van der Waals surface area contributed by atoms with Crippen molar-refractivity contribution in [2.45, 2.75) is 31.7 Å². The van der Waals surface area contributed by atoms with Gasteiger partial charge in [-0.15, -0.1) is 0 Å². The molecule has 108 valence electrons. The third kappa shape index (κ3) is 2.43. The van der Waals surface area contributed by atoms with Gasteiger partial charge in [-0.3, -0.25) is 19.3 Å². The molecular formula is C13H15NO6. The normalized spacial score (nSPS) is 26.5. The molecule has 2 aliphatic rings. The number of allylic oxidation sites excluding steroid dienone is 2. The number of hydrogen-bond donors (Lipinski definition) is 2. The number of carboxylic acids is 2. The fraction of sp³-hybridized carbons (Fsp3) is 0.538. The molecule has 1 aliphatic heterocycles. The first-order valence-corrected chi connectivity index (χ1v) is 6.40. The molecule has 7 nitrogen and oxygen atoms in total. The Morgan fingerprint density at radius 1 is 1.15 bits per heavy atom. The lowest BCUT2D eigenvalue weighted by Crippen LogP contribution is -2.45. The van der Waals surface area contributed by atoms with Gasteiger partial charge in [-0.1, -0.05) is 12.2 Å². The highest BCUT2D eigenvalue weighted by molar-refractivity contribution is 6.08. The van der Waals surface area contributed by atoms with Crippen LogP contribution in [0.1, 0.15) is 25.7 Å². The molecule has 0 saturated carbocycles. The van der Waals surface area contributed by atoms with Crippen LogP contribution in [0.4, 0.5) is 0 Å². The van der Waals surface area contributed by atoms with Crippen LogP contribution in [0, 0.1) is 11.8 Å². The molecule has 1 saturated heterocycles. The molecule has 1 heterocycles. The van der Waals surface area contributed by atoms with Gasteiger partial charge in [0.25, 0.3) is 0 Å². The summed E-state index contributed by atoms with van der Waals surface area (Å²) in [5.41, 5.74) is 0. The molecule has 3 unspecified atom stereocenters. The average Bonchev–Trinajstić information content (AvgIpc) is 2.64. The zero-order chi connectivity index (χ0) is 14.9. The Labute approximate surface area is 114 Å². The Balaban J connectivity index is 2.21. The van der Waals surface area contributed by atoms with E-state index < -0.39 is 48.1 Å². The quantitative estimate of drug-likeness (QED) is 0.552. The van der Waals surface area contributed by atoms with E-state index in [1.165, 1.54) is 0 Å². The summed E-state index contributed by atoms with van der Waals surface area (Å²) in [4.78, 5) is 47.0. The molecule has 0 bridgehead atoms. The third-order valence-electron chi connectivity index (χ3n) is 3.77. The molecule has 3 atom stereocenters. The van der Waals surface area contributed by atoms with Crippen LogP contribution < -0.4 is 0 Å². The Hall–Kier alpha value is -2.18. The van der Waals surface area contributed by atoms with Crippen LogP contribution in [-0.2, 0) is 19.2 Å². The minimum absolute atomic E-state index is 0.269. The van der Waals surface area contributed by atoms with Gasteiger partial charge < -0.3 is 10.2 Å². The molecule has 0 spiro atoms. The van der Waals surface area contributed by atoms with Crippen molar-refractivity contribution in [2.24, 2.45) is 11.8 Å². The second kappa shape index (κ2) is 5.44. The van der Waals surface area contributed by atoms with Crippen molar-refractivity contribution in [3.8, 4) is 0 Å². The zero-order valence-electron chi connectivity index (χ0n) is 10.7. The van der Waals surface area contributed by atoms with E-state index in [0.29, 0.717) is 12.8 Å². The minimum Gasteiger partial charge on any atom is -0.481 e. The molecule has 1 aliphatic carbocycles. The van der Waals surface area contributed by atoms with Gasteiger partial charge >= 0.3 is 11.9 Å². The molecule has 0 aromatic heterocycles. The molecule has 1 fully saturated rings. The van der Waals surface area contributed by atoms with E-state index in [0.717, 1.165) is 4.90 Å². The highest BCUT2D eigenvalue weighted by Gasteiger charge is 2.51. The highest BCUT2D eigenvalue weighted by Crippen LogP contribution is 2.36. The summed E-state index contributed by atoms with van der Waals surface area (Å²) in [5.74, 6) is -4.50. The van der Waals surface area contributed by atoms with Gasteiger partial charge in [-0.05, 0) is 19.3 Å². The molecule has 0 aromatic carbocycles. The lowest BCUT2D eigenvalue weighted by atomic mass is 9.85. The van der Waals surface area contributed by atoms with Crippen molar-refractivity contribution in [1.82, 2.24) is 4.90 Å². The SMILES string of the molecule is O=C(O)CCC(C(=O)O)N1C(=O)C2CC=CCC2C1=O. The standard InChI is InChI=1S/C13H15NO6/c15-10(16)6-5-9(13(19)20)14-11(17)7-3-1-2-4-8(7)12(14)18/h1-2,7-9H,3-6H2,(H,15,16)(H,19,20). The van der Waals surface area contributed by atoms with Gasteiger partial charge in [0, 0.05) is 6.42 Å². The summed E-state index contributed by atoms with van der Waals surface area (Å²) in [6, 6.07) is -1.39. The van der Waals surface area contributed by atoms with Gasteiger partial charge in [0.15, 0.2) is 0 Å². The van der Waals surface area contributed by atoms with Crippen molar-refractivity contribution in [3.05, 3.63) is 12.2 Å². The summed E-state index contributed by atoms with van der Waals surface area (Å²) in [7, 11) is 0. The lowest BCUT2D eigenvalue weighted by Gasteiger charge is -2.22. The van der Waals surface area contributed by atoms with E-state index in [1.807, 2.05) is 12.2 Å². The van der Waals surface area contributed by atoms with Crippen molar-refractivity contribution in [2.75, 3.05) is 0 Å². The number of rotatable bonds is 5. The molecular weight excluding hydrogens is 266 g/mol. The number of hydrogen-bond acceptors (Lipinski definition) is 4. The summed E-state index contributed by atoms with van der Waals surface area (Å²) >= 11 is 0. The Bertz CT molecular complexity index is 471. The van der Waals surface area contributed by atoms with E-state index >= 15 is 0 Å². The second-order valence-electron chi connectivity index (χ2n) is 4.99. The van der Waals surface area contributed by atoms with E-state index in [-0.39, 0.29) is 6.42 Å². The molecule has 0 aromatic rings. The lowest BCUT2D eigenvalue weighted by molar-refractivity contribution is -0.156. The largest absolute Gasteiger partial charge is 0.481 e. The van der Waals surface area contributed by atoms with Gasteiger partial charge in [-0.25, -0.2) is 4.79 Å². The van der Waals surface area contributed by atoms with Crippen LogP contribution in [0.3, 0.4) is 0 Å². The first-order chi connectivity index (χ1) is 9.43. The number of carboxylic acid groups (broad SMARTS) is 2. The zero-order valence-corrected chi connectivity index (χ0v) is 10.7. The Kier molecular flexibility index (Phi) is 3.87. The van der Waals surface area contributed by atoms with Gasteiger partial charge in [0.1, 0.15) is 6.04 Å². The maximum absolute atomic E-state index is 12.2. The van der Waals surface area contributed by atoms with Gasteiger partial charge in [-0.2, -0.15) is 0 Å². The van der Waals surface area contributed by atoms with Crippen molar-refractivity contribution in [3.63, 3.8) is 0 Å². The number of likely N-dealkylation sites (tertiary alicyclic amines) is 1. The third-order valence-corrected chi connectivity index (χ3v) is 3.77. The van der Waals surface area contributed by atoms with Gasteiger partial charge in [0.2, 0.25) is 11.8 Å². The topological polar surface area (TPSA) is 112 Å². The Morgan fingerprint density at radius 2 is 1.65 bits per heavy atom. The first-order valence-electron chi connectivity index (χ1n) is 6.40. The summed E-state index contributed by atoms with van der Waals surface area (Å²) in [5, 5.41) is 17.8. The summed E-state index contributed by atoms with van der Waals surface area (Å²) < 4.78 is 0. The van der Waals surface area contributed by atoms with Crippen LogP contribution in [-0.4, -0.2) is 44.9 Å². The predicted octanol–water partition coefficient (Wildman–Crippen LogP) is 0.256. The highest BCUT2D eigenvalue weighted by atomic mass is 16.4. The smallest absolute Gasteiger partial charge is 0.326 e. The number of carbonyl (C=O) groups excluding carboxylic acids is 2. The number of amides is 2. The minimum atomic E-state index is -1.39. The maximum Gasteiger partial charge on any atom is 0.326 e. The molecule has 20 heavy (non-hydrogen) atoms. The van der Waals surface area contributed by atoms with Crippen molar-refractivity contribution < 1.29 is 29.4 Å². The predicted molar refractivity (Wildman–Crippen MR) is 65.5 cm³/mol. The van der Waals surface area contributed by atoms with Gasteiger partial charge in [0.05, 0.1) is 11.8 Å². The molecule has 2 N–H and O–H groups in total. The fourth-order valence-electron chi connectivity index (χ4n) is 2.76. The van der Waals surface area contributed by atoms with Crippen LogP contribution >= 0.6 is 0 Å². The molecule has 2 rings (SSSR count). The van der Waals surface area contributed by atoms with Crippen molar-refractivity contribution >= 4 is 23.8 Å². The number of nitrogens with zero attached hydrogens (tertiary/aromatic N) is 1. The molecule has 7 heteroatoms. The summed E-state index contributed by atoms with van der Waals surface area (Å²) in [6.07, 6.45) is 3.80. The van der Waals surface area contributed by atoms with Crippen LogP contribution in [0.15, 0.2) is 12.2 Å². The van der Waals surface area contributed by atoms with Crippen LogP contribution in [0.25, 0.3) is 0 Å². The van der Waals surface area contributed by atoms with E-state index in [4.69, 9.17) is 10.2 Å². The van der Waals surface area contributed by atoms with E-state index in [1.54, 1.807) is 0 Å². The van der Waals surface area contributed by atoms with E-state index in [9.17, 15) is 19.2 Å². The number of aliphatic carboxylic acids is 2. The maximum atomic E-state index is 12.2. The monoisotopic (exact) mass is 281 g/mol. The second-order valence-corrected chi connectivity index (χ2v) is 4.99. The first kappa shape index (κ1) is 14.2. The fourth-order valence-corrected chi connectivity index (χ4v) is 2.76. The summed E-state index contributed by atoms with van der Waals surface area (Å²) in [6.45, 7) is 0. The number of fused-ring (bicyclic) bond motifs is 1. The van der Waals surface area contributed by atoms with E-state index in [2.05, 4.69) is 0 Å². The van der Waals surface area contributed by atoms with Crippen LogP contribution in [0.2, 0.25) is 0 Å². The van der Waals surface area contributed by atoms with Crippen LogP contribution in [0.5, 0.6) is 0 Å². The molecule has 0 radical (unpaired) electrons.